The molecule has 1 aromatic carbocycles. The van der Waals surface area contributed by atoms with Crippen molar-refractivity contribution in [3.05, 3.63) is 30.3 Å². The van der Waals surface area contributed by atoms with E-state index in [-0.39, 0.29) is 0 Å². The summed E-state index contributed by atoms with van der Waals surface area (Å²) in [6, 6.07) is 10.9. The zero-order valence-corrected chi connectivity index (χ0v) is 11.1. The van der Waals surface area contributed by atoms with Crippen LogP contribution in [0.3, 0.4) is 0 Å². The molecule has 1 heterocycles. The molecule has 2 rings (SSSR count). The van der Waals surface area contributed by atoms with Crippen LogP contribution < -0.4 is 5.46 Å². The maximum atomic E-state index is 2.60. The second-order valence-corrected chi connectivity index (χ2v) is 4.75. The zero-order valence-electron chi connectivity index (χ0n) is 11.1. The number of hydrogen-bond acceptors (Lipinski definition) is 2. The van der Waals surface area contributed by atoms with Crippen molar-refractivity contribution in [1.82, 2.24) is 9.62 Å². The molecule has 1 fully saturated rings. The van der Waals surface area contributed by atoms with Gasteiger partial charge in [0.2, 0.25) is 0 Å². The summed E-state index contributed by atoms with van der Waals surface area (Å²) in [5.74, 6) is 0. The molecule has 3 heteroatoms. The molecule has 1 aliphatic rings. The first-order valence-corrected chi connectivity index (χ1v) is 6.89. The predicted molar refractivity (Wildman–Crippen MR) is 75.6 cm³/mol. The number of benzene rings is 1. The van der Waals surface area contributed by atoms with Gasteiger partial charge in [0.05, 0.1) is 0 Å². The van der Waals surface area contributed by atoms with Gasteiger partial charge in [0.15, 0.2) is 0 Å². The molecule has 0 aromatic heterocycles. The molecule has 2 nitrogen and oxygen atoms in total. The first-order valence-electron chi connectivity index (χ1n) is 6.89. The fourth-order valence-corrected chi connectivity index (χ4v) is 2.81. The van der Waals surface area contributed by atoms with Gasteiger partial charge >= 0.3 is 6.98 Å². The molecule has 0 radical (unpaired) electrons. The molecular formula is C14H23BN2. The van der Waals surface area contributed by atoms with Crippen LogP contribution in [0, 0.1) is 0 Å². The van der Waals surface area contributed by atoms with Crippen molar-refractivity contribution in [1.29, 1.82) is 0 Å². The maximum Gasteiger partial charge on any atom is 0.346 e. The van der Waals surface area contributed by atoms with Crippen LogP contribution in [0.5, 0.6) is 0 Å². The lowest BCUT2D eigenvalue weighted by atomic mass is 9.64. The highest BCUT2D eigenvalue weighted by atomic mass is 15.2. The van der Waals surface area contributed by atoms with Crippen molar-refractivity contribution in [2.24, 2.45) is 0 Å². The van der Waals surface area contributed by atoms with Crippen molar-refractivity contribution in [3.63, 3.8) is 0 Å². The largest absolute Gasteiger partial charge is 0.346 e. The molecule has 1 saturated heterocycles. The van der Waals surface area contributed by atoms with Gasteiger partial charge in [-0.2, -0.15) is 0 Å². The van der Waals surface area contributed by atoms with E-state index in [0.29, 0.717) is 6.98 Å². The summed E-state index contributed by atoms with van der Waals surface area (Å²) in [5, 5.41) is 0. The Bertz CT molecular complexity index is 314. The van der Waals surface area contributed by atoms with Crippen LogP contribution in [0.25, 0.3) is 0 Å². The summed E-state index contributed by atoms with van der Waals surface area (Å²) in [6.45, 7) is 9.75. The van der Waals surface area contributed by atoms with Crippen LogP contribution in [0.2, 0.25) is 0 Å². The lowest BCUT2D eigenvalue weighted by Crippen LogP contribution is -2.59. The van der Waals surface area contributed by atoms with Crippen LogP contribution in [-0.2, 0) is 0 Å². The van der Waals surface area contributed by atoms with Crippen molar-refractivity contribution in [2.45, 2.75) is 26.7 Å². The van der Waals surface area contributed by atoms with Gasteiger partial charge in [0.25, 0.3) is 0 Å². The predicted octanol–water partition coefficient (Wildman–Crippen LogP) is 1.82. The molecule has 0 unspecified atom stereocenters. The van der Waals surface area contributed by atoms with Crippen molar-refractivity contribution < 1.29 is 0 Å². The van der Waals surface area contributed by atoms with Crippen LogP contribution in [0.1, 0.15) is 26.7 Å². The zero-order chi connectivity index (χ0) is 12.1. The van der Waals surface area contributed by atoms with Gasteiger partial charge in [-0.15, -0.1) is 0 Å². The maximum absolute atomic E-state index is 2.60. The summed E-state index contributed by atoms with van der Waals surface area (Å²) in [4.78, 5) is 5.21. The van der Waals surface area contributed by atoms with E-state index in [9.17, 15) is 0 Å². The summed E-state index contributed by atoms with van der Waals surface area (Å²) < 4.78 is 0. The Morgan fingerprint density at radius 1 is 0.941 bits per heavy atom. The lowest BCUT2D eigenvalue weighted by molar-refractivity contribution is 0.411. The SMILES string of the molecule is CCN1CCCCN(CC)B1c1ccccc1. The molecule has 1 aliphatic heterocycles. The van der Waals surface area contributed by atoms with Crippen molar-refractivity contribution in [3.8, 4) is 0 Å². The minimum Gasteiger partial charge on any atom is -0.324 e. The Morgan fingerprint density at radius 2 is 1.47 bits per heavy atom. The molecule has 0 atom stereocenters. The highest BCUT2D eigenvalue weighted by Crippen LogP contribution is 2.11. The van der Waals surface area contributed by atoms with Crippen LogP contribution in [0.15, 0.2) is 30.3 Å². The molecule has 92 valence electrons. The van der Waals surface area contributed by atoms with Crippen molar-refractivity contribution >= 4 is 12.4 Å². The van der Waals surface area contributed by atoms with E-state index < -0.39 is 0 Å². The van der Waals surface area contributed by atoms with Gasteiger partial charge < -0.3 is 9.62 Å². The van der Waals surface area contributed by atoms with Crippen molar-refractivity contribution in [2.75, 3.05) is 26.2 Å². The summed E-state index contributed by atoms with van der Waals surface area (Å²) in [7, 11) is 0. The third kappa shape index (κ3) is 2.91. The Balaban J connectivity index is 2.28. The first-order chi connectivity index (χ1) is 8.36. The second-order valence-electron chi connectivity index (χ2n) is 4.75. The monoisotopic (exact) mass is 230 g/mol. The highest BCUT2D eigenvalue weighted by molar-refractivity contribution is 6.68. The first kappa shape index (κ1) is 12.7. The summed E-state index contributed by atoms with van der Waals surface area (Å²) in [5.41, 5.74) is 1.44. The van der Waals surface area contributed by atoms with Gasteiger partial charge in [-0.3, -0.25) is 0 Å². The highest BCUT2D eigenvalue weighted by Gasteiger charge is 2.31. The van der Waals surface area contributed by atoms with E-state index >= 15 is 0 Å². The number of nitrogens with zero attached hydrogens (tertiary/aromatic N) is 2. The molecule has 0 bridgehead atoms. The summed E-state index contributed by atoms with van der Waals surface area (Å²) >= 11 is 0. The normalized spacial score (nSPS) is 19.3. The number of hydrogen-bond donors (Lipinski definition) is 0. The molecule has 17 heavy (non-hydrogen) atoms. The quantitative estimate of drug-likeness (QED) is 0.731. The van der Waals surface area contributed by atoms with Gasteiger partial charge in [-0.1, -0.05) is 44.2 Å². The number of rotatable bonds is 3. The minimum absolute atomic E-state index is 0.480. The van der Waals surface area contributed by atoms with Gasteiger partial charge in [-0.25, -0.2) is 0 Å². The van der Waals surface area contributed by atoms with Crippen LogP contribution in [-0.4, -0.2) is 42.8 Å². The Kier molecular flexibility index (Phi) is 4.63. The van der Waals surface area contributed by atoms with E-state index in [1.54, 1.807) is 0 Å². The van der Waals surface area contributed by atoms with E-state index in [0.717, 1.165) is 13.1 Å². The molecule has 0 saturated carbocycles. The van der Waals surface area contributed by atoms with Gasteiger partial charge in [-0.05, 0) is 44.5 Å². The van der Waals surface area contributed by atoms with Gasteiger partial charge in [0, 0.05) is 0 Å². The van der Waals surface area contributed by atoms with Crippen LogP contribution >= 0.6 is 0 Å². The molecule has 1 aromatic rings. The van der Waals surface area contributed by atoms with Crippen LogP contribution in [0.4, 0.5) is 0 Å². The second kappa shape index (κ2) is 6.22. The van der Waals surface area contributed by atoms with E-state index in [1.165, 1.54) is 31.4 Å². The fraction of sp³-hybridized carbons (Fsp3) is 0.571. The smallest absolute Gasteiger partial charge is 0.324 e. The fourth-order valence-electron chi connectivity index (χ4n) is 2.81. The third-order valence-electron chi connectivity index (χ3n) is 3.74. The van der Waals surface area contributed by atoms with E-state index in [1.807, 2.05) is 0 Å². The molecule has 0 amide bonds. The molecular weight excluding hydrogens is 207 g/mol. The minimum atomic E-state index is 0.480. The van der Waals surface area contributed by atoms with E-state index in [4.69, 9.17) is 0 Å². The van der Waals surface area contributed by atoms with Gasteiger partial charge in [0.1, 0.15) is 0 Å². The standard InChI is InChI=1S/C14H23BN2/c1-3-16-12-8-9-13-17(4-2)15(16)14-10-6-5-7-11-14/h5-7,10-11H,3-4,8-9,12-13H2,1-2H3. The topological polar surface area (TPSA) is 6.48 Å². The summed E-state index contributed by atoms with van der Waals surface area (Å²) in [6.07, 6.45) is 2.65. The Labute approximate surface area is 106 Å². The third-order valence-corrected chi connectivity index (χ3v) is 3.74. The Morgan fingerprint density at radius 3 is 1.94 bits per heavy atom. The lowest BCUT2D eigenvalue weighted by Gasteiger charge is -2.33. The Hall–Kier alpha value is -0.795. The molecule has 0 N–H and O–H groups in total. The molecule has 0 aliphatic carbocycles. The molecule has 0 spiro atoms. The average Bonchev–Trinajstić information content (AvgIpc) is 2.61. The van der Waals surface area contributed by atoms with E-state index in [2.05, 4.69) is 53.8 Å². The average molecular weight is 230 g/mol.